The van der Waals surface area contributed by atoms with Gasteiger partial charge in [-0.05, 0) is 42.3 Å². The maximum Gasteiger partial charge on any atom is 0.321 e. The summed E-state index contributed by atoms with van der Waals surface area (Å²) in [5, 5.41) is 2.95. The van der Waals surface area contributed by atoms with Gasteiger partial charge in [0.05, 0.1) is 7.11 Å². The number of aromatic nitrogens is 2. The third-order valence-corrected chi connectivity index (χ3v) is 4.89. The summed E-state index contributed by atoms with van der Waals surface area (Å²) in [5.41, 5.74) is 4.58. The lowest BCUT2D eigenvalue weighted by molar-refractivity contribution is 0.0951. The molecule has 0 fully saturated rings. The van der Waals surface area contributed by atoms with E-state index < -0.39 is 0 Å². The van der Waals surface area contributed by atoms with Crippen LogP contribution in [0.1, 0.15) is 21.5 Å². The predicted octanol–water partition coefficient (Wildman–Crippen LogP) is 5.18. The van der Waals surface area contributed by atoms with Crippen molar-refractivity contribution >= 4 is 5.91 Å². The van der Waals surface area contributed by atoms with Gasteiger partial charge in [0.15, 0.2) is 0 Å². The molecule has 4 rings (SSSR count). The number of nitrogens with zero attached hydrogens (tertiary/aromatic N) is 2. The van der Waals surface area contributed by atoms with Crippen molar-refractivity contribution in [3.63, 3.8) is 0 Å². The largest absolute Gasteiger partial charge is 0.497 e. The summed E-state index contributed by atoms with van der Waals surface area (Å²) in [5.74, 6) is 1.18. The van der Waals surface area contributed by atoms with Crippen molar-refractivity contribution in [3.05, 3.63) is 102 Å². The summed E-state index contributed by atoms with van der Waals surface area (Å²) >= 11 is 0. The van der Waals surface area contributed by atoms with Crippen molar-refractivity contribution < 1.29 is 14.3 Å². The highest BCUT2D eigenvalue weighted by Crippen LogP contribution is 2.24. The van der Waals surface area contributed by atoms with Crippen LogP contribution in [-0.4, -0.2) is 23.0 Å². The third kappa shape index (κ3) is 5.29. The molecule has 0 spiro atoms. The smallest absolute Gasteiger partial charge is 0.321 e. The molecule has 4 aromatic rings. The number of ether oxygens (including phenoxy) is 2. The molecule has 0 saturated heterocycles. The van der Waals surface area contributed by atoms with E-state index in [0.29, 0.717) is 23.6 Å². The molecule has 0 unspecified atom stereocenters. The van der Waals surface area contributed by atoms with Gasteiger partial charge in [0.25, 0.3) is 5.91 Å². The van der Waals surface area contributed by atoms with Crippen LogP contribution < -0.4 is 14.8 Å². The third-order valence-electron chi connectivity index (χ3n) is 4.89. The Morgan fingerprint density at radius 1 is 0.875 bits per heavy atom. The molecule has 1 aromatic heterocycles. The highest BCUT2D eigenvalue weighted by Gasteiger charge is 2.08. The molecule has 160 valence electrons. The number of hydrogen-bond donors (Lipinski definition) is 1. The predicted molar refractivity (Wildman–Crippen MR) is 123 cm³/mol. The fourth-order valence-electron chi connectivity index (χ4n) is 3.21. The van der Waals surface area contributed by atoms with E-state index in [1.807, 2.05) is 55.5 Å². The molecule has 0 radical (unpaired) electrons. The van der Waals surface area contributed by atoms with Gasteiger partial charge in [-0.3, -0.25) is 4.79 Å². The monoisotopic (exact) mass is 425 g/mol. The first-order chi connectivity index (χ1) is 15.6. The molecule has 0 aliphatic rings. The van der Waals surface area contributed by atoms with E-state index in [1.165, 1.54) is 5.56 Å². The Labute approximate surface area is 186 Å². The average Bonchev–Trinajstić information content (AvgIpc) is 2.83. The van der Waals surface area contributed by atoms with Crippen LogP contribution >= 0.6 is 0 Å². The van der Waals surface area contributed by atoms with Crippen molar-refractivity contribution in [2.45, 2.75) is 13.5 Å². The van der Waals surface area contributed by atoms with Gasteiger partial charge >= 0.3 is 6.01 Å². The number of rotatable bonds is 7. The minimum absolute atomic E-state index is 0.114. The van der Waals surface area contributed by atoms with Gasteiger partial charge in [0.1, 0.15) is 11.5 Å². The first-order valence-corrected chi connectivity index (χ1v) is 10.2. The van der Waals surface area contributed by atoms with Crippen LogP contribution in [0.25, 0.3) is 11.1 Å². The fraction of sp³-hybridized carbons (Fsp3) is 0.115. The van der Waals surface area contributed by atoms with Crippen LogP contribution in [0.2, 0.25) is 0 Å². The minimum Gasteiger partial charge on any atom is -0.497 e. The second-order valence-corrected chi connectivity index (χ2v) is 7.28. The number of benzene rings is 3. The van der Waals surface area contributed by atoms with Gasteiger partial charge in [-0.2, -0.15) is 0 Å². The maximum atomic E-state index is 12.5. The molecule has 6 heteroatoms. The Hall–Kier alpha value is -4.19. The molecule has 0 atom stereocenters. The highest BCUT2D eigenvalue weighted by atomic mass is 16.5. The van der Waals surface area contributed by atoms with Gasteiger partial charge in [0, 0.05) is 36.1 Å². The van der Waals surface area contributed by atoms with Crippen LogP contribution in [0, 0.1) is 6.92 Å². The quantitative estimate of drug-likeness (QED) is 0.441. The molecule has 0 aliphatic carbocycles. The maximum absolute atomic E-state index is 12.5. The Morgan fingerprint density at radius 2 is 1.59 bits per heavy atom. The van der Waals surface area contributed by atoms with Gasteiger partial charge in [-0.15, -0.1) is 0 Å². The highest BCUT2D eigenvalue weighted by molar-refractivity contribution is 5.94. The lowest BCUT2D eigenvalue weighted by atomic mass is 10.1. The minimum atomic E-state index is -0.114. The summed E-state index contributed by atoms with van der Waals surface area (Å²) in [6.45, 7) is 2.52. The van der Waals surface area contributed by atoms with Crippen LogP contribution in [0.4, 0.5) is 0 Å². The Balaban J connectivity index is 1.38. The second-order valence-electron chi connectivity index (χ2n) is 7.28. The Bertz CT molecular complexity index is 1210. The topological polar surface area (TPSA) is 73.3 Å². The van der Waals surface area contributed by atoms with Gasteiger partial charge in [0.2, 0.25) is 0 Å². The molecule has 32 heavy (non-hydrogen) atoms. The summed E-state index contributed by atoms with van der Waals surface area (Å²) in [6, 6.07) is 22.9. The average molecular weight is 425 g/mol. The summed E-state index contributed by atoms with van der Waals surface area (Å²) in [6.07, 6.45) is 3.38. The molecule has 1 N–H and O–H groups in total. The van der Waals surface area contributed by atoms with Gasteiger partial charge < -0.3 is 14.8 Å². The molecule has 0 aliphatic heterocycles. The number of nitrogens with one attached hydrogen (secondary N) is 1. The van der Waals surface area contributed by atoms with E-state index in [0.717, 1.165) is 16.7 Å². The number of carbonyl (C=O) groups excluding carboxylic acids is 1. The van der Waals surface area contributed by atoms with Crippen molar-refractivity contribution in [2.24, 2.45) is 0 Å². The van der Waals surface area contributed by atoms with E-state index in [1.54, 1.807) is 37.7 Å². The normalized spacial score (nSPS) is 10.4. The van der Waals surface area contributed by atoms with Crippen molar-refractivity contribution in [1.29, 1.82) is 0 Å². The van der Waals surface area contributed by atoms with E-state index in [4.69, 9.17) is 9.47 Å². The van der Waals surface area contributed by atoms with Crippen molar-refractivity contribution in [3.8, 4) is 28.6 Å². The Kier molecular flexibility index (Phi) is 6.41. The molecule has 6 nitrogen and oxygen atoms in total. The molecule has 1 heterocycles. The lowest BCUT2D eigenvalue weighted by Crippen LogP contribution is -2.22. The zero-order chi connectivity index (χ0) is 22.3. The second kappa shape index (κ2) is 9.75. The van der Waals surface area contributed by atoms with E-state index in [2.05, 4.69) is 21.4 Å². The van der Waals surface area contributed by atoms with E-state index >= 15 is 0 Å². The van der Waals surface area contributed by atoms with Gasteiger partial charge in [-0.1, -0.05) is 48.0 Å². The fourth-order valence-corrected chi connectivity index (χ4v) is 3.21. The number of carbonyl (C=O) groups is 1. The first-order valence-electron chi connectivity index (χ1n) is 10.2. The van der Waals surface area contributed by atoms with Crippen LogP contribution in [0.5, 0.6) is 17.5 Å². The molecule has 1 amide bonds. The van der Waals surface area contributed by atoms with Crippen molar-refractivity contribution in [1.82, 2.24) is 15.3 Å². The first kappa shape index (κ1) is 21.1. The molecule has 3 aromatic carbocycles. The van der Waals surface area contributed by atoms with E-state index in [-0.39, 0.29) is 11.9 Å². The molecular weight excluding hydrogens is 402 g/mol. The van der Waals surface area contributed by atoms with E-state index in [9.17, 15) is 4.79 Å². The molecule has 0 bridgehead atoms. The lowest BCUT2D eigenvalue weighted by Gasteiger charge is -2.08. The zero-order valence-electron chi connectivity index (χ0n) is 17.9. The van der Waals surface area contributed by atoms with Crippen LogP contribution in [0.15, 0.2) is 85.2 Å². The summed E-state index contributed by atoms with van der Waals surface area (Å²) in [7, 11) is 1.60. The standard InChI is InChI=1S/C26H23N3O3/c1-18-5-3-6-19(13-18)15-27-25(30)21-11-9-20(10-12-21)22-16-28-26(29-17-22)32-24-8-4-7-23(14-24)31-2/h3-14,16-17H,15H2,1-2H3,(H,27,30). The SMILES string of the molecule is COc1cccc(Oc2ncc(-c3ccc(C(=O)NCc4cccc(C)c4)cc3)cn2)c1. The number of aryl methyl sites for hydroxylation is 1. The number of amides is 1. The molecular formula is C26H23N3O3. The zero-order valence-corrected chi connectivity index (χ0v) is 17.9. The van der Waals surface area contributed by atoms with Gasteiger partial charge in [-0.25, -0.2) is 9.97 Å². The Morgan fingerprint density at radius 3 is 2.31 bits per heavy atom. The van der Waals surface area contributed by atoms with Crippen molar-refractivity contribution in [2.75, 3.05) is 7.11 Å². The number of hydrogen-bond acceptors (Lipinski definition) is 5. The summed E-state index contributed by atoms with van der Waals surface area (Å²) < 4.78 is 10.9. The molecule has 0 saturated carbocycles. The van der Waals surface area contributed by atoms with Crippen LogP contribution in [0.3, 0.4) is 0 Å². The summed E-state index contributed by atoms with van der Waals surface area (Å²) in [4.78, 5) is 21.0. The number of methoxy groups -OCH3 is 1. The van der Waals surface area contributed by atoms with Crippen LogP contribution in [-0.2, 0) is 6.54 Å².